The van der Waals surface area contributed by atoms with Crippen LogP contribution in [0, 0.1) is 18.3 Å². The van der Waals surface area contributed by atoms with E-state index in [2.05, 4.69) is 15.5 Å². The van der Waals surface area contributed by atoms with Crippen LogP contribution in [0.25, 0.3) is 5.69 Å². The zero-order valence-corrected chi connectivity index (χ0v) is 15.4. The Kier molecular flexibility index (Phi) is 5.56. The van der Waals surface area contributed by atoms with Crippen LogP contribution in [-0.2, 0) is 4.79 Å². The number of amides is 1. The molecule has 6 nitrogen and oxygen atoms in total. The highest BCUT2D eigenvalue weighted by Crippen LogP contribution is 2.24. The first kappa shape index (κ1) is 18.0. The molecule has 0 spiro atoms. The average Bonchev–Trinajstić information content (AvgIpc) is 3.11. The molecule has 0 fully saturated rings. The van der Waals surface area contributed by atoms with E-state index >= 15 is 0 Å². The molecule has 1 amide bonds. The third-order valence-electron chi connectivity index (χ3n) is 3.56. The van der Waals surface area contributed by atoms with Crippen molar-refractivity contribution in [3.63, 3.8) is 0 Å². The van der Waals surface area contributed by atoms with Gasteiger partial charge in [0, 0.05) is 10.7 Å². The van der Waals surface area contributed by atoms with Crippen LogP contribution in [0.15, 0.2) is 53.9 Å². The molecule has 0 saturated carbocycles. The SMILES string of the molecule is Cc1ccc(-n2cnnc2SCC(=O)Nc2cccc(C#N)c2)cc1Cl. The van der Waals surface area contributed by atoms with E-state index in [0.717, 1.165) is 11.3 Å². The van der Waals surface area contributed by atoms with Crippen molar-refractivity contribution in [3.8, 4) is 11.8 Å². The van der Waals surface area contributed by atoms with Crippen molar-refractivity contribution in [3.05, 3.63) is 64.9 Å². The van der Waals surface area contributed by atoms with Gasteiger partial charge in [-0.3, -0.25) is 9.36 Å². The van der Waals surface area contributed by atoms with Gasteiger partial charge in [-0.15, -0.1) is 10.2 Å². The van der Waals surface area contributed by atoms with Crippen LogP contribution in [0.5, 0.6) is 0 Å². The van der Waals surface area contributed by atoms with Gasteiger partial charge in [0.15, 0.2) is 5.16 Å². The molecule has 8 heteroatoms. The van der Waals surface area contributed by atoms with E-state index in [4.69, 9.17) is 16.9 Å². The van der Waals surface area contributed by atoms with E-state index in [-0.39, 0.29) is 11.7 Å². The van der Waals surface area contributed by atoms with Crippen molar-refractivity contribution >= 4 is 35.0 Å². The quantitative estimate of drug-likeness (QED) is 0.677. The number of carbonyl (C=O) groups excluding carboxylic acids is 1. The van der Waals surface area contributed by atoms with E-state index in [1.165, 1.54) is 11.8 Å². The van der Waals surface area contributed by atoms with Crippen molar-refractivity contribution in [2.45, 2.75) is 12.1 Å². The third kappa shape index (κ3) is 4.23. The molecule has 3 rings (SSSR count). The minimum atomic E-state index is -0.193. The summed E-state index contributed by atoms with van der Waals surface area (Å²) in [6.07, 6.45) is 1.58. The summed E-state index contributed by atoms with van der Waals surface area (Å²) in [5.41, 5.74) is 2.89. The number of aryl methyl sites for hydroxylation is 1. The first-order valence-corrected chi connectivity index (χ1v) is 9.02. The maximum absolute atomic E-state index is 12.2. The number of rotatable bonds is 5. The fourth-order valence-corrected chi connectivity index (χ4v) is 3.13. The predicted octanol–water partition coefficient (Wildman–Crippen LogP) is 3.83. The van der Waals surface area contributed by atoms with Crippen molar-refractivity contribution < 1.29 is 4.79 Å². The fraction of sp³-hybridized carbons (Fsp3) is 0.111. The minimum Gasteiger partial charge on any atom is -0.325 e. The highest BCUT2D eigenvalue weighted by atomic mass is 35.5. The molecule has 1 heterocycles. The van der Waals surface area contributed by atoms with Gasteiger partial charge in [-0.05, 0) is 42.8 Å². The first-order chi connectivity index (χ1) is 12.6. The first-order valence-electron chi connectivity index (χ1n) is 7.66. The van der Waals surface area contributed by atoms with E-state index in [1.807, 2.05) is 31.2 Å². The summed E-state index contributed by atoms with van der Waals surface area (Å²) in [5, 5.41) is 20.9. The Morgan fingerprint density at radius 3 is 2.96 bits per heavy atom. The lowest BCUT2D eigenvalue weighted by Gasteiger charge is -2.08. The molecule has 0 unspecified atom stereocenters. The number of anilines is 1. The van der Waals surface area contributed by atoms with E-state index in [0.29, 0.717) is 21.4 Å². The van der Waals surface area contributed by atoms with Gasteiger partial charge >= 0.3 is 0 Å². The monoisotopic (exact) mass is 383 g/mol. The summed E-state index contributed by atoms with van der Waals surface area (Å²) in [7, 11) is 0. The molecular formula is C18H14ClN5OS. The lowest BCUT2D eigenvalue weighted by Crippen LogP contribution is -2.14. The lowest BCUT2D eigenvalue weighted by atomic mass is 10.2. The number of nitriles is 1. The number of hydrogen-bond acceptors (Lipinski definition) is 5. The topological polar surface area (TPSA) is 83.6 Å². The van der Waals surface area contributed by atoms with Crippen LogP contribution in [0.2, 0.25) is 5.02 Å². The standard InChI is InChI=1S/C18H14ClN5OS/c1-12-5-6-15(8-16(12)19)24-11-21-23-18(24)26-10-17(25)22-14-4-2-3-13(7-14)9-20/h2-8,11H,10H2,1H3,(H,22,25). The molecule has 1 N–H and O–H groups in total. The molecule has 0 aliphatic rings. The van der Waals surface area contributed by atoms with Crippen molar-refractivity contribution in [2.24, 2.45) is 0 Å². The van der Waals surface area contributed by atoms with Gasteiger partial charge < -0.3 is 5.32 Å². The van der Waals surface area contributed by atoms with Gasteiger partial charge in [0.1, 0.15) is 6.33 Å². The molecule has 0 atom stereocenters. The number of hydrogen-bond donors (Lipinski definition) is 1. The van der Waals surface area contributed by atoms with Gasteiger partial charge in [0.05, 0.1) is 23.1 Å². The lowest BCUT2D eigenvalue weighted by molar-refractivity contribution is -0.113. The Morgan fingerprint density at radius 1 is 1.35 bits per heavy atom. The smallest absolute Gasteiger partial charge is 0.234 e. The van der Waals surface area contributed by atoms with Crippen LogP contribution in [0.4, 0.5) is 5.69 Å². The highest BCUT2D eigenvalue weighted by molar-refractivity contribution is 7.99. The minimum absolute atomic E-state index is 0.162. The largest absolute Gasteiger partial charge is 0.325 e. The van der Waals surface area contributed by atoms with Gasteiger partial charge in [0.25, 0.3) is 0 Å². The molecule has 2 aromatic carbocycles. The molecular weight excluding hydrogens is 370 g/mol. The molecule has 130 valence electrons. The second-order valence-electron chi connectivity index (χ2n) is 5.45. The fourth-order valence-electron chi connectivity index (χ4n) is 2.23. The third-order valence-corrected chi connectivity index (χ3v) is 4.91. The molecule has 0 saturated heterocycles. The second-order valence-corrected chi connectivity index (χ2v) is 6.80. The van der Waals surface area contributed by atoms with Crippen LogP contribution < -0.4 is 5.32 Å². The second kappa shape index (κ2) is 8.04. The number of carbonyl (C=O) groups is 1. The summed E-state index contributed by atoms with van der Waals surface area (Å²) in [4.78, 5) is 12.2. The number of thioether (sulfide) groups is 1. The summed E-state index contributed by atoms with van der Waals surface area (Å²) in [5.74, 6) is -0.0312. The number of halogens is 1. The Bertz CT molecular complexity index is 995. The maximum atomic E-state index is 12.2. The average molecular weight is 384 g/mol. The van der Waals surface area contributed by atoms with Gasteiger partial charge in [0.2, 0.25) is 5.91 Å². The Labute approximate surface area is 159 Å². The number of aromatic nitrogens is 3. The van der Waals surface area contributed by atoms with Crippen molar-refractivity contribution in [1.82, 2.24) is 14.8 Å². The van der Waals surface area contributed by atoms with Crippen molar-refractivity contribution in [1.29, 1.82) is 5.26 Å². The highest BCUT2D eigenvalue weighted by Gasteiger charge is 2.11. The van der Waals surface area contributed by atoms with E-state index < -0.39 is 0 Å². The molecule has 3 aromatic rings. The van der Waals surface area contributed by atoms with Crippen LogP contribution in [0.3, 0.4) is 0 Å². The summed E-state index contributed by atoms with van der Waals surface area (Å²) >= 11 is 7.44. The molecule has 0 bridgehead atoms. The Balaban J connectivity index is 1.67. The Hall–Kier alpha value is -2.82. The van der Waals surface area contributed by atoms with Crippen molar-refractivity contribution in [2.75, 3.05) is 11.1 Å². The van der Waals surface area contributed by atoms with Crippen LogP contribution in [0.1, 0.15) is 11.1 Å². The Morgan fingerprint density at radius 2 is 2.19 bits per heavy atom. The number of nitrogens with one attached hydrogen (secondary N) is 1. The van der Waals surface area contributed by atoms with E-state index in [9.17, 15) is 4.79 Å². The van der Waals surface area contributed by atoms with Gasteiger partial charge in [-0.1, -0.05) is 35.5 Å². The molecule has 1 aromatic heterocycles. The zero-order chi connectivity index (χ0) is 18.5. The summed E-state index contributed by atoms with van der Waals surface area (Å²) in [6.45, 7) is 1.93. The summed E-state index contributed by atoms with van der Waals surface area (Å²) < 4.78 is 1.78. The van der Waals surface area contributed by atoms with Gasteiger partial charge in [-0.25, -0.2) is 0 Å². The van der Waals surface area contributed by atoms with Crippen LogP contribution in [-0.4, -0.2) is 26.4 Å². The maximum Gasteiger partial charge on any atom is 0.234 e. The van der Waals surface area contributed by atoms with E-state index in [1.54, 1.807) is 35.2 Å². The van der Waals surface area contributed by atoms with Gasteiger partial charge in [-0.2, -0.15) is 5.26 Å². The summed E-state index contributed by atoms with van der Waals surface area (Å²) in [6, 6.07) is 14.5. The number of benzene rings is 2. The normalized spacial score (nSPS) is 10.3. The zero-order valence-electron chi connectivity index (χ0n) is 13.8. The molecule has 26 heavy (non-hydrogen) atoms. The predicted molar refractivity (Wildman–Crippen MR) is 102 cm³/mol. The number of nitrogens with zero attached hydrogens (tertiary/aromatic N) is 4. The molecule has 0 aliphatic heterocycles. The molecule has 0 radical (unpaired) electrons. The molecule has 0 aliphatic carbocycles. The van der Waals surface area contributed by atoms with Crippen LogP contribution >= 0.6 is 23.4 Å².